The van der Waals surface area contributed by atoms with E-state index in [-0.39, 0.29) is 23.5 Å². The summed E-state index contributed by atoms with van der Waals surface area (Å²) in [5.41, 5.74) is 4.99. The molecule has 10 heteroatoms. The van der Waals surface area contributed by atoms with Crippen LogP contribution in [0.2, 0.25) is 5.02 Å². The summed E-state index contributed by atoms with van der Waals surface area (Å²) in [6.45, 7) is 4.23. The lowest BCUT2D eigenvalue weighted by molar-refractivity contribution is -0.133. The van der Waals surface area contributed by atoms with Gasteiger partial charge in [-0.05, 0) is 108 Å². The predicted molar refractivity (Wildman–Crippen MR) is 158 cm³/mol. The first kappa shape index (κ1) is 28.5. The highest BCUT2D eigenvalue weighted by atomic mass is 79.9. The number of hydrogen-bond donors (Lipinski definition) is 0. The summed E-state index contributed by atoms with van der Waals surface area (Å²) in [4.78, 5) is 20.2. The van der Waals surface area contributed by atoms with Crippen LogP contribution in [-0.2, 0) is 27.7 Å². The molecule has 38 heavy (non-hydrogen) atoms. The van der Waals surface area contributed by atoms with Crippen molar-refractivity contribution in [1.82, 2.24) is 14.2 Å². The van der Waals surface area contributed by atoms with E-state index in [1.807, 2.05) is 17.2 Å². The molecule has 0 bridgehead atoms. The Kier molecular flexibility index (Phi) is 8.90. The number of hydrogen-bond acceptors (Lipinski definition) is 4. The number of carbonyl (C=O) groups excluding carboxylic acids is 1. The van der Waals surface area contributed by atoms with Gasteiger partial charge in [-0.3, -0.25) is 9.78 Å². The molecule has 1 aromatic carbocycles. The van der Waals surface area contributed by atoms with Gasteiger partial charge in [0.25, 0.3) is 0 Å². The standard InChI is InChI=1S/C28H34Br2ClN3O3S/c1-2-38(36,37)34-11-5-18(6-12-34)13-25(35)33-9-7-19(8-10-33)27-26-20(15-23(31)16-24(26)30)3-4-21-14-22(29)17-32-28(21)27/h14-19,27H,2-13H2,1H3/t27-/m1/s1. The van der Waals surface area contributed by atoms with Gasteiger partial charge in [0.2, 0.25) is 15.9 Å². The zero-order valence-corrected chi connectivity index (χ0v) is 26.4. The van der Waals surface area contributed by atoms with E-state index >= 15 is 0 Å². The molecule has 0 radical (unpaired) electrons. The predicted octanol–water partition coefficient (Wildman–Crippen LogP) is 6.18. The average Bonchev–Trinajstić information content (AvgIpc) is 3.06. The van der Waals surface area contributed by atoms with Gasteiger partial charge in [0.1, 0.15) is 0 Å². The Morgan fingerprint density at radius 1 is 1.03 bits per heavy atom. The van der Waals surface area contributed by atoms with Gasteiger partial charge in [0, 0.05) is 58.7 Å². The summed E-state index contributed by atoms with van der Waals surface area (Å²) in [5.74, 6) is 1.13. The summed E-state index contributed by atoms with van der Waals surface area (Å²) in [6, 6.07) is 6.30. The van der Waals surface area contributed by atoms with Gasteiger partial charge in [-0.2, -0.15) is 0 Å². The van der Waals surface area contributed by atoms with Gasteiger partial charge < -0.3 is 4.90 Å². The van der Waals surface area contributed by atoms with Gasteiger partial charge >= 0.3 is 0 Å². The number of piperidine rings is 2. The van der Waals surface area contributed by atoms with Crippen molar-refractivity contribution in [1.29, 1.82) is 0 Å². The fourth-order valence-corrected chi connectivity index (χ4v) is 9.09. The van der Waals surface area contributed by atoms with E-state index < -0.39 is 10.0 Å². The number of aryl methyl sites for hydroxylation is 2. The molecule has 1 atom stereocenters. The number of pyridine rings is 1. The van der Waals surface area contributed by atoms with Gasteiger partial charge in [0.15, 0.2) is 0 Å². The van der Waals surface area contributed by atoms with E-state index in [0.29, 0.717) is 25.4 Å². The maximum Gasteiger partial charge on any atom is 0.222 e. The van der Waals surface area contributed by atoms with Gasteiger partial charge in [-0.15, -0.1) is 0 Å². The summed E-state index contributed by atoms with van der Waals surface area (Å²) >= 11 is 13.9. The maximum atomic E-state index is 13.2. The van der Waals surface area contributed by atoms with Crippen LogP contribution in [0.3, 0.4) is 0 Å². The molecule has 0 saturated carbocycles. The number of carbonyl (C=O) groups is 1. The first-order chi connectivity index (χ1) is 18.2. The van der Waals surface area contributed by atoms with Crippen LogP contribution in [-0.4, -0.2) is 60.4 Å². The Balaban J connectivity index is 1.28. The molecule has 2 aliphatic heterocycles. The lowest BCUT2D eigenvalue weighted by Gasteiger charge is -2.38. The summed E-state index contributed by atoms with van der Waals surface area (Å²) < 4.78 is 27.9. The molecular weight excluding hydrogens is 654 g/mol. The van der Waals surface area contributed by atoms with Crippen LogP contribution in [0.4, 0.5) is 0 Å². The monoisotopic (exact) mass is 685 g/mol. The minimum absolute atomic E-state index is 0.137. The largest absolute Gasteiger partial charge is 0.343 e. The lowest BCUT2D eigenvalue weighted by Crippen LogP contribution is -2.43. The lowest BCUT2D eigenvalue weighted by atomic mass is 9.76. The second-order valence-corrected chi connectivity index (χ2v) is 15.3. The number of amides is 1. The molecule has 2 fully saturated rings. The Morgan fingerprint density at radius 2 is 1.71 bits per heavy atom. The van der Waals surface area contributed by atoms with E-state index in [9.17, 15) is 13.2 Å². The second-order valence-electron chi connectivity index (χ2n) is 10.8. The van der Waals surface area contributed by atoms with Crippen LogP contribution in [0.1, 0.15) is 67.3 Å². The molecule has 2 saturated heterocycles. The van der Waals surface area contributed by atoms with Crippen molar-refractivity contribution in [3.8, 4) is 0 Å². The molecule has 206 valence electrons. The Bertz CT molecular complexity index is 1310. The number of likely N-dealkylation sites (tertiary alicyclic amines) is 1. The molecule has 0 spiro atoms. The molecule has 0 unspecified atom stereocenters. The number of sulfonamides is 1. The first-order valence-corrected chi connectivity index (χ1v) is 17.1. The Morgan fingerprint density at radius 3 is 2.39 bits per heavy atom. The number of nitrogens with zero attached hydrogens (tertiary/aromatic N) is 3. The molecule has 0 N–H and O–H groups in total. The third kappa shape index (κ3) is 6.02. The van der Waals surface area contributed by atoms with Crippen molar-refractivity contribution in [2.24, 2.45) is 11.8 Å². The van der Waals surface area contributed by atoms with Crippen LogP contribution < -0.4 is 0 Å². The first-order valence-electron chi connectivity index (χ1n) is 13.5. The minimum atomic E-state index is -3.14. The zero-order valence-electron chi connectivity index (χ0n) is 21.6. The molecule has 1 amide bonds. The normalized spacial score (nSPS) is 21.6. The van der Waals surface area contributed by atoms with Crippen molar-refractivity contribution >= 4 is 59.4 Å². The third-order valence-corrected chi connectivity index (χ3v) is 11.8. The molecule has 1 aromatic heterocycles. The van der Waals surface area contributed by atoms with E-state index in [2.05, 4.69) is 44.0 Å². The summed E-state index contributed by atoms with van der Waals surface area (Å²) in [7, 11) is -3.14. The Hall–Kier alpha value is -1.000. The fraction of sp³-hybridized carbons (Fsp3) is 0.571. The molecule has 3 aliphatic rings. The van der Waals surface area contributed by atoms with Crippen molar-refractivity contribution in [2.75, 3.05) is 31.9 Å². The number of fused-ring (bicyclic) bond motifs is 2. The number of halogens is 3. The van der Waals surface area contributed by atoms with Crippen LogP contribution in [0.5, 0.6) is 0 Å². The SMILES string of the molecule is CCS(=O)(=O)N1CCC(CC(=O)N2CCC([C@H]3c4ncc(Br)cc4CCc4cc(Cl)cc(Br)c43)CC2)CC1. The highest BCUT2D eigenvalue weighted by Crippen LogP contribution is 2.46. The van der Waals surface area contributed by atoms with Crippen molar-refractivity contribution in [2.45, 2.75) is 57.8 Å². The molecule has 6 nitrogen and oxygen atoms in total. The van der Waals surface area contributed by atoms with E-state index in [0.717, 1.165) is 71.3 Å². The summed E-state index contributed by atoms with van der Waals surface area (Å²) in [5, 5.41) is 0.744. The van der Waals surface area contributed by atoms with E-state index in [4.69, 9.17) is 16.6 Å². The second kappa shape index (κ2) is 11.9. The molecule has 3 heterocycles. The van der Waals surface area contributed by atoms with Crippen LogP contribution in [0, 0.1) is 11.8 Å². The Labute approximate surface area is 247 Å². The smallest absolute Gasteiger partial charge is 0.222 e. The minimum Gasteiger partial charge on any atom is -0.343 e. The maximum absolute atomic E-state index is 13.2. The third-order valence-electron chi connectivity index (χ3n) is 8.58. The number of benzene rings is 1. The summed E-state index contributed by atoms with van der Waals surface area (Å²) in [6.07, 6.45) is 7.63. The number of rotatable bonds is 5. The van der Waals surface area contributed by atoms with Crippen LogP contribution in [0.25, 0.3) is 0 Å². The average molecular weight is 688 g/mol. The van der Waals surface area contributed by atoms with E-state index in [1.54, 1.807) is 11.2 Å². The molecule has 5 rings (SSSR count). The van der Waals surface area contributed by atoms with Crippen molar-refractivity contribution < 1.29 is 13.2 Å². The molecular formula is C28H34Br2ClN3O3S. The number of aromatic nitrogens is 1. The molecule has 1 aliphatic carbocycles. The fourth-order valence-electron chi connectivity index (χ4n) is 6.46. The van der Waals surface area contributed by atoms with Gasteiger partial charge in [-0.25, -0.2) is 12.7 Å². The van der Waals surface area contributed by atoms with Gasteiger partial charge in [0.05, 0.1) is 11.4 Å². The highest BCUT2D eigenvalue weighted by Gasteiger charge is 2.37. The van der Waals surface area contributed by atoms with Crippen LogP contribution >= 0.6 is 43.5 Å². The zero-order chi connectivity index (χ0) is 27.0. The molecule has 2 aromatic rings. The topological polar surface area (TPSA) is 70.6 Å². The van der Waals surface area contributed by atoms with Crippen LogP contribution in [0.15, 0.2) is 33.3 Å². The van der Waals surface area contributed by atoms with Crippen molar-refractivity contribution in [3.05, 3.63) is 60.7 Å². The van der Waals surface area contributed by atoms with Crippen molar-refractivity contribution in [3.63, 3.8) is 0 Å². The van der Waals surface area contributed by atoms with E-state index in [1.165, 1.54) is 16.7 Å². The quantitative estimate of drug-likeness (QED) is 0.377. The van der Waals surface area contributed by atoms with Gasteiger partial charge in [-0.1, -0.05) is 27.5 Å². The highest BCUT2D eigenvalue weighted by molar-refractivity contribution is 9.10.